The van der Waals surface area contributed by atoms with Gasteiger partial charge in [0, 0.05) is 19.5 Å². The molecule has 0 aliphatic carbocycles. The van der Waals surface area contributed by atoms with E-state index in [1.165, 1.54) is 7.11 Å². The second-order valence-electron chi connectivity index (χ2n) is 5.77. The maximum atomic E-state index is 12.2. The van der Waals surface area contributed by atoms with Crippen LogP contribution in [-0.4, -0.2) is 30.4 Å². The molecule has 1 heterocycles. The number of carbonyl (C=O) groups is 2. The smallest absolute Gasteiger partial charge is 0.309 e. The van der Waals surface area contributed by atoms with Crippen molar-refractivity contribution in [3.8, 4) is 0 Å². The van der Waals surface area contributed by atoms with Gasteiger partial charge < -0.3 is 9.64 Å². The third-order valence-electron chi connectivity index (χ3n) is 4.14. The van der Waals surface area contributed by atoms with Gasteiger partial charge in [0.25, 0.3) is 0 Å². The summed E-state index contributed by atoms with van der Waals surface area (Å²) in [5.41, 5.74) is 1.97. The van der Waals surface area contributed by atoms with Crippen LogP contribution in [0.15, 0.2) is 24.3 Å². The van der Waals surface area contributed by atoms with Crippen LogP contribution in [0.3, 0.4) is 0 Å². The van der Waals surface area contributed by atoms with E-state index in [4.69, 9.17) is 4.74 Å². The Morgan fingerprint density at radius 2 is 2.00 bits per heavy atom. The van der Waals surface area contributed by atoms with Crippen molar-refractivity contribution in [2.45, 2.75) is 39.2 Å². The van der Waals surface area contributed by atoms with E-state index in [2.05, 4.69) is 6.92 Å². The molecule has 0 saturated carbocycles. The number of carbonyl (C=O) groups excluding carboxylic acids is 2. The van der Waals surface area contributed by atoms with Crippen LogP contribution in [-0.2, 0) is 27.3 Å². The Morgan fingerprint density at radius 1 is 1.29 bits per heavy atom. The van der Waals surface area contributed by atoms with Crippen molar-refractivity contribution >= 4 is 11.9 Å². The van der Waals surface area contributed by atoms with Gasteiger partial charge in [0.1, 0.15) is 0 Å². The fourth-order valence-corrected chi connectivity index (χ4v) is 2.66. The van der Waals surface area contributed by atoms with Crippen molar-refractivity contribution in [1.82, 2.24) is 4.90 Å². The Kier molecular flexibility index (Phi) is 5.37. The third kappa shape index (κ3) is 4.31. The van der Waals surface area contributed by atoms with Gasteiger partial charge in [0.15, 0.2) is 0 Å². The molecule has 0 aromatic heterocycles. The lowest BCUT2D eigenvalue weighted by atomic mass is 10.0. The summed E-state index contributed by atoms with van der Waals surface area (Å²) in [6.07, 6.45) is 2.90. The molecular weight excluding hydrogens is 266 g/mol. The number of hydrogen-bond acceptors (Lipinski definition) is 3. The van der Waals surface area contributed by atoms with Crippen LogP contribution in [0.2, 0.25) is 0 Å². The molecular formula is C17H23NO3. The first kappa shape index (κ1) is 15.5. The van der Waals surface area contributed by atoms with Gasteiger partial charge in [-0.1, -0.05) is 31.2 Å². The van der Waals surface area contributed by atoms with Crippen LogP contribution in [0.5, 0.6) is 0 Å². The highest BCUT2D eigenvalue weighted by Gasteiger charge is 2.21. The van der Waals surface area contributed by atoms with E-state index in [0.29, 0.717) is 18.9 Å². The zero-order chi connectivity index (χ0) is 15.2. The highest BCUT2D eigenvalue weighted by molar-refractivity contribution is 5.76. The number of nitrogens with zero attached hydrogens (tertiary/aromatic N) is 1. The number of rotatable bonds is 4. The van der Waals surface area contributed by atoms with E-state index in [-0.39, 0.29) is 18.3 Å². The molecule has 0 bridgehead atoms. The summed E-state index contributed by atoms with van der Waals surface area (Å²) in [4.78, 5) is 25.6. The molecule has 114 valence electrons. The first-order valence-electron chi connectivity index (χ1n) is 7.51. The Labute approximate surface area is 126 Å². The second kappa shape index (κ2) is 7.25. The van der Waals surface area contributed by atoms with Crippen molar-refractivity contribution in [1.29, 1.82) is 0 Å². The number of likely N-dealkylation sites (tertiary alicyclic amines) is 1. The van der Waals surface area contributed by atoms with Gasteiger partial charge in [0.05, 0.1) is 13.5 Å². The molecule has 2 rings (SSSR count). The average molecular weight is 289 g/mol. The molecule has 1 saturated heterocycles. The Bertz CT molecular complexity index is 513. The zero-order valence-corrected chi connectivity index (χ0v) is 12.8. The number of ether oxygens (including phenoxy) is 1. The molecule has 1 atom stereocenters. The molecule has 1 fully saturated rings. The van der Waals surface area contributed by atoms with Gasteiger partial charge >= 0.3 is 5.97 Å². The van der Waals surface area contributed by atoms with Crippen molar-refractivity contribution in [3.05, 3.63) is 35.4 Å². The first-order valence-corrected chi connectivity index (χ1v) is 7.51. The summed E-state index contributed by atoms with van der Waals surface area (Å²) in [7, 11) is 1.39. The van der Waals surface area contributed by atoms with Crippen LogP contribution in [0.1, 0.15) is 37.3 Å². The van der Waals surface area contributed by atoms with Crippen LogP contribution in [0, 0.1) is 5.92 Å². The summed E-state index contributed by atoms with van der Waals surface area (Å²) in [6, 6.07) is 7.77. The number of amides is 1. The maximum absolute atomic E-state index is 12.2. The molecule has 21 heavy (non-hydrogen) atoms. The summed E-state index contributed by atoms with van der Waals surface area (Å²) in [5, 5.41) is 0. The molecule has 4 nitrogen and oxygen atoms in total. The van der Waals surface area contributed by atoms with Gasteiger partial charge in [-0.15, -0.1) is 0 Å². The fraction of sp³-hybridized carbons (Fsp3) is 0.529. The lowest BCUT2D eigenvalue weighted by Gasteiger charge is -2.22. The predicted molar refractivity (Wildman–Crippen MR) is 80.6 cm³/mol. The summed E-state index contributed by atoms with van der Waals surface area (Å²) < 4.78 is 4.73. The summed E-state index contributed by atoms with van der Waals surface area (Å²) >= 11 is 0. The minimum Gasteiger partial charge on any atom is -0.469 e. The van der Waals surface area contributed by atoms with E-state index in [0.717, 1.165) is 30.5 Å². The normalized spacial score (nSPS) is 19.2. The highest BCUT2D eigenvalue weighted by Crippen LogP contribution is 2.20. The second-order valence-corrected chi connectivity index (χ2v) is 5.77. The Balaban J connectivity index is 2.11. The topological polar surface area (TPSA) is 46.6 Å². The average Bonchev–Trinajstić information content (AvgIpc) is 2.64. The number of methoxy groups -OCH3 is 1. The van der Waals surface area contributed by atoms with Crippen LogP contribution >= 0.6 is 0 Å². The standard InChI is InChI=1S/C17H23NO3/c1-13-7-8-16(19)18(10-9-13)12-15-6-4-3-5-14(15)11-17(20)21-2/h3-6,13H,7-12H2,1-2H3. The predicted octanol–water partition coefficient (Wildman–Crippen LogP) is 2.55. The van der Waals surface area contributed by atoms with E-state index < -0.39 is 0 Å². The SMILES string of the molecule is COC(=O)Cc1ccccc1CN1CCC(C)CCC1=O. The van der Waals surface area contributed by atoms with E-state index in [1.54, 1.807) is 0 Å². The van der Waals surface area contributed by atoms with Gasteiger partial charge in [-0.2, -0.15) is 0 Å². The number of hydrogen-bond donors (Lipinski definition) is 0. The fourth-order valence-electron chi connectivity index (χ4n) is 2.66. The van der Waals surface area contributed by atoms with Crippen LogP contribution in [0.25, 0.3) is 0 Å². The van der Waals surface area contributed by atoms with Crippen LogP contribution < -0.4 is 0 Å². The Hall–Kier alpha value is -1.84. The number of esters is 1. The van der Waals surface area contributed by atoms with Crippen molar-refractivity contribution in [2.75, 3.05) is 13.7 Å². The quantitative estimate of drug-likeness (QED) is 0.800. The molecule has 1 unspecified atom stereocenters. The molecule has 1 amide bonds. The van der Waals surface area contributed by atoms with E-state index in [1.807, 2.05) is 29.2 Å². The van der Waals surface area contributed by atoms with Crippen molar-refractivity contribution in [3.63, 3.8) is 0 Å². The highest BCUT2D eigenvalue weighted by atomic mass is 16.5. The molecule has 4 heteroatoms. The lowest BCUT2D eigenvalue weighted by Crippen LogP contribution is -2.30. The monoisotopic (exact) mass is 289 g/mol. The Morgan fingerprint density at radius 3 is 2.71 bits per heavy atom. The van der Waals surface area contributed by atoms with Crippen molar-refractivity contribution < 1.29 is 14.3 Å². The zero-order valence-electron chi connectivity index (χ0n) is 12.8. The lowest BCUT2D eigenvalue weighted by molar-refractivity contribution is -0.139. The minimum absolute atomic E-state index is 0.215. The van der Waals surface area contributed by atoms with Crippen molar-refractivity contribution in [2.24, 2.45) is 5.92 Å². The number of benzene rings is 1. The molecule has 1 aliphatic heterocycles. The van der Waals surface area contributed by atoms with E-state index >= 15 is 0 Å². The molecule has 1 aromatic rings. The maximum Gasteiger partial charge on any atom is 0.309 e. The first-order chi connectivity index (χ1) is 10.1. The molecule has 1 aromatic carbocycles. The van der Waals surface area contributed by atoms with Gasteiger partial charge in [0.2, 0.25) is 5.91 Å². The van der Waals surface area contributed by atoms with Gasteiger partial charge in [-0.3, -0.25) is 9.59 Å². The molecule has 0 N–H and O–H groups in total. The third-order valence-corrected chi connectivity index (χ3v) is 4.14. The molecule has 1 aliphatic rings. The molecule has 0 spiro atoms. The van der Waals surface area contributed by atoms with Gasteiger partial charge in [-0.05, 0) is 29.9 Å². The summed E-state index contributed by atoms with van der Waals surface area (Å²) in [6.45, 7) is 3.58. The van der Waals surface area contributed by atoms with Gasteiger partial charge in [-0.25, -0.2) is 0 Å². The summed E-state index contributed by atoms with van der Waals surface area (Å²) in [5.74, 6) is 0.565. The molecule has 0 radical (unpaired) electrons. The minimum atomic E-state index is -0.252. The largest absolute Gasteiger partial charge is 0.469 e. The van der Waals surface area contributed by atoms with E-state index in [9.17, 15) is 9.59 Å². The van der Waals surface area contributed by atoms with Crippen LogP contribution in [0.4, 0.5) is 0 Å².